The summed E-state index contributed by atoms with van der Waals surface area (Å²) >= 11 is 0. The molecule has 0 fully saturated rings. The van der Waals surface area contributed by atoms with Crippen molar-refractivity contribution in [3.63, 3.8) is 0 Å². The van der Waals surface area contributed by atoms with Crippen LogP contribution in [0.5, 0.6) is 5.75 Å². The molecule has 0 aliphatic carbocycles. The largest absolute Gasteiger partial charge is 0.488 e. The van der Waals surface area contributed by atoms with Crippen molar-refractivity contribution in [1.82, 2.24) is 5.32 Å². The topological polar surface area (TPSA) is 117 Å². The number of hydrogen-bond donors (Lipinski definition) is 2. The SMILES string of the molecule is COC(=O)CCCCCc1cccc(OCC(CCC(N)=O)NC(=O)OC(C)(C)C)c1F. The van der Waals surface area contributed by atoms with Crippen LogP contribution in [0, 0.1) is 5.82 Å². The second-order valence-electron chi connectivity index (χ2n) is 8.53. The molecule has 0 aliphatic heterocycles. The predicted octanol–water partition coefficient (Wildman–Crippen LogP) is 3.64. The Morgan fingerprint density at radius 2 is 1.84 bits per heavy atom. The Kier molecular flexibility index (Phi) is 11.5. The fourth-order valence-electron chi connectivity index (χ4n) is 2.90. The zero-order valence-corrected chi connectivity index (χ0v) is 19.4. The van der Waals surface area contributed by atoms with Gasteiger partial charge < -0.3 is 25.3 Å². The Labute approximate surface area is 189 Å². The number of carbonyl (C=O) groups is 3. The number of esters is 1. The van der Waals surface area contributed by atoms with Crippen LogP contribution in [0.15, 0.2) is 18.2 Å². The van der Waals surface area contributed by atoms with Gasteiger partial charge >= 0.3 is 12.1 Å². The van der Waals surface area contributed by atoms with Crippen molar-refractivity contribution in [3.8, 4) is 5.75 Å². The Morgan fingerprint density at radius 3 is 2.47 bits per heavy atom. The van der Waals surface area contributed by atoms with Crippen molar-refractivity contribution in [2.75, 3.05) is 13.7 Å². The monoisotopic (exact) mass is 454 g/mol. The lowest BCUT2D eigenvalue weighted by Gasteiger charge is -2.24. The van der Waals surface area contributed by atoms with Gasteiger partial charge in [0.1, 0.15) is 12.2 Å². The number of nitrogens with one attached hydrogen (secondary N) is 1. The standard InChI is InChI=1S/C23H35FN2O6/c1-23(2,3)32-22(29)26-17(13-14-19(25)27)15-31-18-11-8-10-16(21(18)24)9-6-5-7-12-20(28)30-4/h8,10-11,17H,5-7,9,12-15H2,1-4H3,(H2,25,27)(H,26,29). The van der Waals surface area contributed by atoms with Gasteiger partial charge in [-0.3, -0.25) is 9.59 Å². The summed E-state index contributed by atoms with van der Waals surface area (Å²) in [5.74, 6) is -1.17. The average Bonchev–Trinajstić information content (AvgIpc) is 2.69. The third kappa shape index (κ3) is 11.5. The normalized spacial score (nSPS) is 12.0. The molecule has 1 aromatic carbocycles. The summed E-state index contributed by atoms with van der Waals surface area (Å²) in [6, 6.07) is 4.31. The number of primary amides is 1. The van der Waals surface area contributed by atoms with Crippen molar-refractivity contribution in [2.45, 2.75) is 77.4 Å². The third-order valence-corrected chi connectivity index (χ3v) is 4.50. The number of unbranched alkanes of at least 4 members (excludes halogenated alkanes) is 2. The number of amides is 2. The summed E-state index contributed by atoms with van der Waals surface area (Å²) in [5.41, 5.74) is 5.03. The van der Waals surface area contributed by atoms with Gasteiger partial charge in [-0.15, -0.1) is 0 Å². The quantitative estimate of drug-likeness (QED) is 0.347. The van der Waals surface area contributed by atoms with Crippen LogP contribution in [0.2, 0.25) is 0 Å². The number of alkyl carbamates (subject to hydrolysis) is 1. The third-order valence-electron chi connectivity index (χ3n) is 4.50. The summed E-state index contributed by atoms with van der Waals surface area (Å²) < 4.78 is 30.3. The van der Waals surface area contributed by atoms with Gasteiger partial charge in [0.05, 0.1) is 13.2 Å². The maximum absolute atomic E-state index is 14.8. The molecule has 0 radical (unpaired) electrons. The molecule has 0 spiro atoms. The van der Waals surface area contributed by atoms with E-state index in [1.807, 2.05) is 0 Å². The van der Waals surface area contributed by atoms with Crippen molar-refractivity contribution in [2.24, 2.45) is 5.73 Å². The van der Waals surface area contributed by atoms with Crippen LogP contribution >= 0.6 is 0 Å². The zero-order valence-electron chi connectivity index (χ0n) is 19.4. The van der Waals surface area contributed by atoms with E-state index < -0.39 is 29.5 Å². The maximum atomic E-state index is 14.8. The van der Waals surface area contributed by atoms with E-state index in [2.05, 4.69) is 10.1 Å². The first-order chi connectivity index (χ1) is 15.0. The number of nitrogens with two attached hydrogens (primary N) is 1. The number of halogens is 1. The molecule has 180 valence electrons. The van der Waals surface area contributed by atoms with Gasteiger partial charge in [-0.25, -0.2) is 9.18 Å². The second-order valence-corrected chi connectivity index (χ2v) is 8.53. The summed E-state index contributed by atoms with van der Waals surface area (Å²) in [4.78, 5) is 34.3. The summed E-state index contributed by atoms with van der Waals surface area (Å²) in [6.45, 7) is 5.15. The molecule has 2 amide bonds. The number of benzene rings is 1. The molecular formula is C23H35FN2O6. The Balaban J connectivity index is 2.66. The van der Waals surface area contributed by atoms with E-state index in [1.165, 1.54) is 13.2 Å². The molecule has 0 heterocycles. The molecule has 1 rings (SSSR count). The van der Waals surface area contributed by atoms with Crippen molar-refractivity contribution in [1.29, 1.82) is 0 Å². The van der Waals surface area contributed by atoms with Gasteiger partial charge in [0.2, 0.25) is 5.91 Å². The summed E-state index contributed by atoms with van der Waals surface area (Å²) in [7, 11) is 1.35. The minimum atomic E-state index is -0.684. The number of ether oxygens (including phenoxy) is 3. The highest BCUT2D eigenvalue weighted by Crippen LogP contribution is 2.23. The van der Waals surface area contributed by atoms with Crippen LogP contribution in [0.4, 0.5) is 9.18 Å². The van der Waals surface area contributed by atoms with E-state index >= 15 is 0 Å². The van der Waals surface area contributed by atoms with E-state index in [9.17, 15) is 18.8 Å². The highest BCUT2D eigenvalue weighted by Gasteiger charge is 2.21. The van der Waals surface area contributed by atoms with E-state index in [0.717, 1.165) is 12.8 Å². The molecule has 8 nitrogen and oxygen atoms in total. The minimum Gasteiger partial charge on any atom is -0.488 e. The molecule has 3 N–H and O–H groups in total. The molecule has 0 saturated heterocycles. The molecule has 0 saturated carbocycles. The number of hydrogen-bond acceptors (Lipinski definition) is 6. The molecule has 32 heavy (non-hydrogen) atoms. The van der Waals surface area contributed by atoms with Gasteiger partial charge in [0.15, 0.2) is 11.6 Å². The average molecular weight is 455 g/mol. The molecular weight excluding hydrogens is 419 g/mol. The van der Waals surface area contributed by atoms with E-state index in [0.29, 0.717) is 24.8 Å². The van der Waals surface area contributed by atoms with Crippen molar-refractivity contribution in [3.05, 3.63) is 29.6 Å². The summed E-state index contributed by atoms with van der Waals surface area (Å²) in [6.07, 6.45) is 2.64. The highest BCUT2D eigenvalue weighted by atomic mass is 19.1. The van der Waals surface area contributed by atoms with Gasteiger partial charge in [0.25, 0.3) is 0 Å². The predicted molar refractivity (Wildman–Crippen MR) is 118 cm³/mol. The highest BCUT2D eigenvalue weighted by molar-refractivity contribution is 5.74. The molecule has 1 aromatic rings. The van der Waals surface area contributed by atoms with Crippen LogP contribution in [0.1, 0.15) is 64.9 Å². The first kappa shape index (κ1) is 27.2. The lowest BCUT2D eigenvalue weighted by atomic mass is 10.1. The van der Waals surface area contributed by atoms with Gasteiger partial charge in [-0.2, -0.15) is 0 Å². The van der Waals surface area contributed by atoms with Gasteiger partial charge in [0, 0.05) is 12.8 Å². The smallest absolute Gasteiger partial charge is 0.407 e. The lowest BCUT2D eigenvalue weighted by molar-refractivity contribution is -0.140. The van der Waals surface area contributed by atoms with E-state index in [-0.39, 0.29) is 31.2 Å². The van der Waals surface area contributed by atoms with E-state index in [4.69, 9.17) is 15.2 Å². The molecule has 1 atom stereocenters. The van der Waals surface area contributed by atoms with Crippen LogP contribution in [0.3, 0.4) is 0 Å². The molecule has 0 aromatic heterocycles. The molecule has 0 aliphatic rings. The molecule has 0 bridgehead atoms. The van der Waals surface area contributed by atoms with Crippen LogP contribution in [-0.4, -0.2) is 43.3 Å². The zero-order chi connectivity index (χ0) is 24.1. The minimum absolute atomic E-state index is 0.0396. The number of methoxy groups -OCH3 is 1. The molecule has 9 heteroatoms. The Bertz CT molecular complexity index is 763. The fraction of sp³-hybridized carbons (Fsp3) is 0.609. The van der Waals surface area contributed by atoms with Gasteiger partial charge in [-0.05, 0) is 58.1 Å². The number of rotatable bonds is 13. The van der Waals surface area contributed by atoms with Gasteiger partial charge in [-0.1, -0.05) is 18.6 Å². The second kappa shape index (κ2) is 13.5. The maximum Gasteiger partial charge on any atom is 0.407 e. The lowest BCUT2D eigenvalue weighted by Crippen LogP contribution is -2.42. The van der Waals surface area contributed by atoms with Crippen LogP contribution < -0.4 is 15.8 Å². The Hall–Kier alpha value is -2.84. The Morgan fingerprint density at radius 1 is 1.12 bits per heavy atom. The fourth-order valence-corrected chi connectivity index (χ4v) is 2.90. The van der Waals surface area contributed by atoms with Crippen molar-refractivity contribution < 1.29 is 33.0 Å². The molecule has 1 unspecified atom stereocenters. The first-order valence-electron chi connectivity index (χ1n) is 10.8. The summed E-state index contributed by atoms with van der Waals surface area (Å²) in [5, 5.41) is 2.64. The van der Waals surface area contributed by atoms with Crippen LogP contribution in [0.25, 0.3) is 0 Å². The van der Waals surface area contributed by atoms with E-state index in [1.54, 1.807) is 32.9 Å². The van der Waals surface area contributed by atoms with Crippen molar-refractivity contribution >= 4 is 18.0 Å². The van der Waals surface area contributed by atoms with Crippen LogP contribution in [-0.2, 0) is 25.5 Å². The number of carbonyl (C=O) groups excluding carboxylic acids is 3. The first-order valence-corrected chi connectivity index (χ1v) is 10.8. The number of aryl methyl sites for hydroxylation is 1.